The van der Waals surface area contributed by atoms with Crippen molar-refractivity contribution in [2.24, 2.45) is 11.8 Å². The van der Waals surface area contributed by atoms with Gasteiger partial charge in [-0.25, -0.2) is 4.39 Å². The molecule has 8 heteroatoms. The molecule has 0 saturated carbocycles. The van der Waals surface area contributed by atoms with Gasteiger partial charge in [0.15, 0.2) is 5.78 Å². The van der Waals surface area contributed by atoms with Crippen molar-refractivity contribution >= 4 is 5.78 Å². The molecule has 0 aliphatic carbocycles. The predicted molar refractivity (Wildman–Crippen MR) is 106 cm³/mol. The average molecular weight is 439 g/mol. The SMILES string of the molecule is CC(CC1CCOCC1)C(=O)c1ccc(COCc2ccc(C(F)(F)F)cc2F)cn1. The molecular formula is C23H25F4NO3. The van der Waals surface area contributed by atoms with Crippen LogP contribution in [0.3, 0.4) is 0 Å². The van der Waals surface area contributed by atoms with Gasteiger partial charge in [0.25, 0.3) is 0 Å². The van der Waals surface area contributed by atoms with Crippen LogP contribution in [-0.2, 0) is 28.9 Å². The number of ether oxygens (including phenoxy) is 2. The molecule has 0 radical (unpaired) electrons. The quantitative estimate of drug-likeness (QED) is 0.397. The van der Waals surface area contributed by atoms with Crippen molar-refractivity contribution in [2.75, 3.05) is 13.2 Å². The molecule has 0 amide bonds. The minimum atomic E-state index is -4.59. The summed E-state index contributed by atoms with van der Waals surface area (Å²) in [4.78, 5) is 16.8. The van der Waals surface area contributed by atoms with Crippen molar-refractivity contribution in [1.82, 2.24) is 4.98 Å². The number of hydrogen-bond acceptors (Lipinski definition) is 4. The highest BCUT2D eigenvalue weighted by Gasteiger charge is 2.31. The molecule has 0 bridgehead atoms. The summed E-state index contributed by atoms with van der Waals surface area (Å²) in [6.07, 6.45) is -0.306. The summed E-state index contributed by atoms with van der Waals surface area (Å²) in [7, 11) is 0. The molecule has 4 nitrogen and oxygen atoms in total. The third-order valence-corrected chi connectivity index (χ3v) is 5.46. The van der Waals surface area contributed by atoms with Crippen LogP contribution in [0.5, 0.6) is 0 Å². The zero-order chi connectivity index (χ0) is 22.4. The first-order valence-electron chi connectivity index (χ1n) is 10.2. The van der Waals surface area contributed by atoms with Crippen molar-refractivity contribution in [3.8, 4) is 0 Å². The molecule has 1 unspecified atom stereocenters. The fraction of sp³-hybridized carbons (Fsp3) is 0.478. The van der Waals surface area contributed by atoms with Gasteiger partial charge in [-0.1, -0.05) is 19.1 Å². The number of carbonyl (C=O) groups is 1. The van der Waals surface area contributed by atoms with Crippen LogP contribution < -0.4 is 0 Å². The Balaban J connectivity index is 1.49. The molecule has 2 aromatic rings. The average Bonchev–Trinajstić information content (AvgIpc) is 2.75. The van der Waals surface area contributed by atoms with Crippen LogP contribution in [0.4, 0.5) is 17.6 Å². The molecule has 0 N–H and O–H groups in total. The lowest BCUT2D eigenvalue weighted by Crippen LogP contribution is -2.22. The highest BCUT2D eigenvalue weighted by Crippen LogP contribution is 2.30. The van der Waals surface area contributed by atoms with Crippen LogP contribution in [-0.4, -0.2) is 24.0 Å². The summed E-state index contributed by atoms with van der Waals surface area (Å²) in [5.41, 5.74) is 0.0667. The zero-order valence-corrected chi connectivity index (χ0v) is 17.3. The van der Waals surface area contributed by atoms with Crippen molar-refractivity contribution in [2.45, 2.75) is 45.6 Å². The molecule has 1 aliphatic heterocycles. The lowest BCUT2D eigenvalue weighted by molar-refractivity contribution is -0.137. The molecule has 1 aromatic carbocycles. The summed E-state index contributed by atoms with van der Waals surface area (Å²) in [5.74, 6) is -0.607. The molecule has 0 spiro atoms. The number of benzene rings is 1. The van der Waals surface area contributed by atoms with E-state index in [1.54, 1.807) is 12.1 Å². The van der Waals surface area contributed by atoms with Gasteiger partial charge in [-0.05, 0) is 48.9 Å². The summed E-state index contributed by atoms with van der Waals surface area (Å²) in [6, 6.07) is 5.70. The maximum Gasteiger partial charge on any atom is 0.416 e. The Morgan fingerprint density at radius 2 is 1.94 bits per heavy atom. The summed E-state index contributed by atoms with van der Waals surface area (Å²) in [5, 5.41) is 0. The van der Waals surface area contributed by atoms with E-state index in [1.165, 1.54) is 6.20 Å². The number of aromatic nitrogens is 1. The van der Waals surface area contributed by atoms with Crippen LogP contribution in [0.2, 0.25) is 0 Å². The second kappa shape index (κ2) is 10.3. The van der Waals surface area contributed by atoms with Crippen LogP contribution in [0.15, 0.2) is 36.5 Å². The Morgan fingerprint density at radius 3 is 2.55 bits per heavy atom. The Morgan fingerprint density at radius 1 is 1.19 bits per heavy atom. The fourth-order valence-corrected chi connectivity index (χ4v) is 3.62. The van der Waals surface area contributed by atoms with Gasteiger partial charge in [0.05, 0.1) is 18.8 Å². The first-order valence-corrected chi connectivity index (χ1v) is 10.2. The van der Waals surface area contributed by atoms with E-state index in [-0.39, 0.29) is 30.5 Å². The number of Topliss-reactive ketones (excluding diaryl/α,β-unsaturated/α-hetero) is 1. The van der Waals surface area contributed by atoms with Crippen molar-refractivity contribution < 1.29 is 31.8 Å². The molecule has 1 fully saturated rings. The maximum absolute atomic E-state index is 13.9. The lowest BCUT2D eigenvalue weighted by Gasteiger charge is -2.24. The van der Waals surface area contributed by atoms with Gasteiger partial charge in [-0.2, -0.15) is 13.2 Å². The Bertz CT molecular complexity index is 877. The second-order valence-corrected chi connectivity index (χ2v) is 7.91. The highest BCUT2D eigenvalue weighted by atomic mass is 19.4. The van der Waals surface area contributed by atoms with E-state index in [1.807, 2.05) is 6.92 Å². The minimum absolute atomic E-state index is 0.00853. The highest BCUT2D eigenvalue weighted by molar-refractivity contribution is 5.95. The number of halogens is 4. The van der Waals surface area contributed by atoms with E-state index < -0.39 is 17.6 Å². The van der Waals surface area contributed by atoms with Gasteiger partial charge in [-0.3, -0.25) is 9.78 Å². The van der Waals surface area contributed by atoms with Crippen molar-refractivity contribution in [3.63, 3.8) is 0 Å². The first kappa shape index (κ1) is 23.3. The molecule has 1 atom stereocenters. The topological polar surface area (TPSA) is 48.4 Å². The number of pyridine rings is 1. The predicted octanol–water partition coefficient (Wildman–Crippen LogP) is 5.59. The lowest BCUT2D eigenvalue weighted by atomic mass is 9.87. The van der Waals surface area contributed by atoms with Gasteiger partial charge in [-0.15, -0.1) is 0 Å². The minimum Gasteiger partial charge on any atom is -0.381 e. The Hall–Kier alpha value is -2.32. The Kier molecular flexibility index (Phi) is 7.78. The summed E-state index contributed by atoms with van der Waals surface area (Å²) >= 11 is 0. The third-order valence-electron chi connectivity index (χ3n) is 5.46. The van der Waals surface area contributed by atoms with Gasteiger partial charge in [0.1, 0.15) is 11.5 Å². The number of nitrogens with zero attached hydrogens (tertiary/aromatic N) is 1. The number of rotatable bonds is 8. The van der Waals surface area contributed by atoms with Crippen molar-refractivity contribution in [3.05, 3.63) is 64.7 Å². The van der Waals surface area contributed by atoms with E-state index in [0.29, 0.717) is 23.2 Å². The molecular weight excluding hydrogens is 414 g/mol. The monoisotopic (exact) mass is 439 g/mol. The second-order valence-electron chi connectivity index (χ2n) is 7.91. The number of ketones is 1. The fourth-order valence-electron chi connectivity index (χ4n) is 3.62. The first-order chi connectivity index (χ1) is 14.7. The Labute approximate surface area is 178 Å². The van der Waals surface area contributed by atoms with E-state index in [0.717, 1.165) is 44.6 Å². The summed E-state index contributed by atoms with van der Waals surface area (Å²) in [6.45, 7) is 3.32. The van der Waals surface area contributed by atoms with Crippen LogP contribution in [0.25, 0.3) is 0 Å². The smallest absolute Gasteiger partial charge is 0.381 e. The van der Waals surface area contributed by atoms with Gasteiger partial charge in [0, 0.05) is 30.9 Å². The van der Waals surface area contributed by atoms with E-state index in [2.05, 4.69) is 4.98 Å². The molecule has 1 saturated heterocycles. The van der Waals surface area contributed by atoms with E-state index in [4.69, 9.17) is 9.47 Å². The van der Waals surface area contributed by atoms with Crippen LogP contribution in [0.1, 0.15) is 53.4 Å². The van der Waals surface area contributed by atoms with Gasteiger partial charge >= 0.3 is 6.18 Å². The third kappa shape index (κ3) is 6.58. The summed E-state index contributed by atoms with van der Waals surface area (Å²) < 4.78 is 62.4. The number of carbonyl (C=O) groups excluding carboxylic acids is 1. The molecule has 3 rings (SSSR count). The molecule has 1 aliphatic rings. The molecule has 168 valence electrons. The van der Waals surface area contributed by atoms with Crippen LogP contribution in [0, 0.1) is 17.7 Å². The normalized spacial score (nSPS) is 16.3. The van der Waals surface area contributed by atoms with E-state index >= 15 is 0 Å². The van der Waals surface area contributed by atoms with E-state index in [9.17, 15) is 22.4 Å². The molecule has 1 aromatic heterocycles. The maximum atomic E-state index is 13.9. The number of hydrogen-bond donors (Lipinski definition) is 0. The van der Waals surface area contributed by atoms with Gasteiger partial charge in [0.2, 0.25) is 0 Å². The largest absolute Gasteiger partial charge is 0.416 e. The van der Waals surface area contributed by atoms with Crippen LogP contribution >= 0.6 is 0 Å². The zero-order valence-electron chi connectivity index (χ0n) is 17.3. The van der Waals surface area contributed by atoms with Crippen molar-refractivity contribution in [1.29, 1.82) is 0 Å². The molecule has 31 heavy (non-hydrogen) atoms. The molecule has 2 heterocycles. The van der Waals surface area contributed by atoms with Gasteiger partial charge < -0.3 is 9.47 Å². The standard InChI is InChI=1S/C23H25F4NO3/c1-15(10-16-6-8-30-9-7-16)22(29)21-5-2-17(12-28-21)13-31-14-18-3-4-19(11-20(18)24)23(25,26)27/h2-5,11-12,15-16H,6-10,13-14H2,1H3. The number of alkyl halides is 3.